The summed E-state index contributed by atoms with van der Waals surface area (Å²) in [6.07, 6.45) is 3.50. The maximum Gasteiger partial charge on any atom is 0.254 e. The predicted molar refractivity (Wildman–Crippen MR) is 81.2 cm³/mol. The molecule has 1 amide bonds. The van der Waals surface area contributed by atoms with E-state index in [0.29, 0.717) is 24.6 Å². The fourth-order valence-corrected chi connectivity index (χ4v) is 1.91. The standard InChI is InChI=1S/C16H21N3O2/c1-12(2)11-21-15-6-4-5-14(7-15)16(20)19(3)10-13-8-17-18-9-13/h4-9,12H,10-11H2,1-3H3,(H,17,18). The number of aromatic nitrogens is 2. The molecule has 1 aromatic carbocycles. The second-order valence-corrected chi connectivity index (χ2v) is 5.50. The van der Waals surface area contributed by atoms with Crippen LogP contribution in [0.15, 0.2) is 36.7 Å². The van der Waals surface area contributed by atoms with Crippen molar-refractivity contribution < 1.29 is 9.53 Å². The maximum atomic E-state index is 12.4. The molecule has 0 atom stereocenters. The summed E-state index contributed by atoms with van der Waals surface area (Å²) in [5.74, 6) is 1.14. The van der Waals surface area contributed by atoms with Crippen LogP contribution in [-0.4, -0.2) is 34.7 Å². The third-order valence-electron chi connectivity index (χ3n) is 2.99. The van der Waals surface area contributed by atoms with Gasteiger partial charge in [-0.05, 0) is 24.1 Å². The Hall–Kier alpha value is -2.30. The van der Waals surface area contributed by atoms with Gasteiger partial charge in [0.1, 0.15) is 5.75 Å². The van der Waals surface area contributed by atoms with Crippen LogP contribution in [0.3, 0.4) is 0 Å². The van der Waals surface area contributed by atoms with E-state index in [0.717, 1.165) is 11.3 Å². The number of aromatic amines is 1. The van der Waals surface area contributed by atoms with E-state index in [-0.39, 0.29) is 5.91 Å². The van der Waals surface area contributed by atoms with Crippen LogP contribution in [0.25, 0.3) is 0 Å². The summed E-state index contributed by atoms with van der Waals surface area (Å²) in [6.45, 7) is 5.34. The van der Waals surface area contributed by atoms with Crippen LogP contribution in [0.1, 0.15) is 29.8 Å². The molecule has 1 heterocycles. The quantitative estimate of drug-likeness (QED) is 0.888. The van der Waals surface area contributed by atoms with Gasteiger partial charge in [0.25, 0.3) is 5.91 Å². The summed E-state index contributed by atoms with van der Waals surface area (Å²) < 4.78 is 5.66. The van der Waals surface area contributed by atoms with Crippen molar-refractivity contribution in [3.8, 4) is 5.75 Å². The van der Waals surface area contributed by atoms with E-state index < -0.39 is 0 Å². The Labute approximate surface area is 124 Å². The number of hydrogen-bond donors (Lipinski definition) is 1. The zero-order valence-electron chi connectivity index (χ0n) is 12.7. The minimum atomic E-state index is -0.0359. The molecule has 5 heteroatoms. The van der Waals surface area contributed by atoms with Gasteiger partial charge in [0, 0.05) is 30.9 Å². The highest BCUT2D eigenvalue weighted by atomic mass is 16.5. The molecule has 0 fully saturated rings. The smallest absolute Gasteiger partial charge is 0.254 e. The minimum absolute atomic E-state index is 0.0359. The number of nitrogens with zero attached hydrogens (tertiary/aromatic N) is 2. The summed E-state index contributed by atoms with van der Waals surface area (Å²) in [5.41, 5.74) is 1.60. The fraction of sp³-hybridized carbons (Fsp3) is 0.375. The van der Waals surface area contributed by atoms with Gasteiger partial charge in [-0.25, -0.2) is 0 Å². The van der Waals surface area contributed by atoms with E-state index in [1.54, 1.807) is 36.5 Å². The second kappa shape index (κ2) is 6.92. The van der Waals surface area contributed by atoms with Crippen LogP contribution < -0.4 is 4.74 Å². The SMILES string of the molecule is CC(C)COc1cccc(C(=O)N(C)Cc2cn[nH]c2)c1. The van der Waals surface area contributed by atoms with E-state index in [2.05, 4.69) is 24.0 Å². The van der Waals surface area contributed by atoms with E-state index >= 15 is 0 Å². The van der Waals surface area contributed by atoms with E-state index in [1.165, 1.54) is 0 Å². The maximum absolute atomic E-state index is 12.4. The molecular formula is C16H21N3O2. The monoisotopic (exact) mass is 287 g/mol. The summed E-state index contributed by atoms with van der Waals surface area (Å²) in [4.78, 5) is 14.1. The van der Waals surface area contributed by atoms with Crippen LogP contribution in [0, 0.1) is 5.92 Å². The van der Waals surface area contributed by atoms with E-state index in [9.17, 15) is 4.79 Å². The zero-order chi connectivity index (χ0) is 15.2. The van der Waals surface area contributed by atoms with Gasteiger partial charge < -0.3 is 9.64 Å². The molecule has 0 aliphatic heterocycles. The molecular weight excluding hydrogens is 266 g/mol. The average Bonchev–Trinajstić information content (AvgIpc) is 2.97. The molecule has 1 aromatic heterocycles. The molecule has 0 unspecified atom stereocenters. The van der Waals surface area contributed by atoms with Crippen molar-refractivity contribution >= 4 is 5.91 Å². The number of H-pyrrole nitrogens is 1. The largest absolute Gasteiger partial charge is 0.493 e. The molecule has 0 aliphatic carbocycles. The lowest BCUT2D eigenvalue weighted by Gasteiger charge is -2.17. The van der Waals surface area contributed by atoms with Gasteiger partial charge in [-0.15, -0.1) is 0 Å². The first-order valence-corrected chi connectivity index (χ1v) is 7.02. The lowest BCUT2D eigenvalue weighted by Crippen LogP contribution is -2.26. The number of hydrogen-bond acceptors (Lipinski definition) is 3. The van der Waals surface area contributed by atoms with Crippen molar-refractivity contribution in [1.82, 2.24) is 15.1 Å². The summed E-state index contributed by atoms with van der Waals surface area (Å²) >= 11 is 0. The number of ether oxygens (including phenoxy) is 1. The molecule has 1 N–H and O–H groups in total. The fourth-order valence-electron chi connectivity index (χ4n) is 1.91. The van der Waals surface area contributed by atoms with Gasteiger partial charge in [-0.1, -0.05) is 19.9 Å². The molecule has 0 spiro atoms. The van der Waals surface area contributed by atoms with Crippen LogP contribution in [0.4, 0.5) is 0 Å². The normalized spacial score (nSPS) is 10.7. The number of carbonyl (C=O) groups is 1. The van der Waals surface area contributed by atoms with Crippen molar-refractivity contribution in [1.29, 1.82) is 0 Å². The van der Waals surface area contributed by atoms with E-state index in [1.807, 2.05) is 12.1 Å². The first kappa shape index (κ1) is 15.1. The van der Waals surface area contributed by atoms with Crippen LogP contribution in [-0.2, 0) is 6.54 Å². The van der Waals surface area contributed by atoms with Crippen LogP contribution in [0.2, 0.25) is 0 Å². The number of nitrogens with one attached hydrogen (secondary N) is 1. The van der Waals surface area contributed by atoms with Crippen LogP contribution in [0.5, 0.6) is 5.75 Å². The molecule has 112 valence electrons. The lowest BCUT2D eigenvalue weighted by molar-refractivity contribution is 0.0784. The first-order valence-electron chi connectivity index (χ1n) is 7.02. The molecule has 0 saturated carbocycles. The van der Waals surface area contributed by atoms with Crippen molar-refractivity contribution in [2.75, 3.05) is 13.7 Å². The van der Waals surface area contributed by atoms with Gasteiger partial charge in [0.05, 0.1) is 12.8 Å². The predicted octanol–water partition coefficient (Wildman–Crippen LogP) is 2.72. The minimum Gasteiger partial charge on any atom is -0.493 e. The Bertz CT molecular complexity index is 579. The lowest BCUT2D eigenvalue weighted by atomic mass is 10.2. The Balaban J connectivity index is 2.02. The number of amides is 1. The third kappa shape index (κ3) is 4.34. The van der Waals surface area contributed by atoms with Gasteiger partial charge >= 0.3 is 0 Å². The number of benzene rings is 1. The molecule has 2 aromatic rings. The highest BCUT2D eigenvalue weighted by Crippen LogP contribution is 2.16. The summed E-state index contributed by atoms with van der Waals surface area (Å²) in [5, 5.41) is 6.62. The Morgan fingerprint density at radius 1 is 1.43 bits per heavy atom. The molecule has 0 bridgehead atoms. The van der Waals surface area contributed by atoms with Gasteiger partial charge in [-0.2, -0.15) is 5.10 Å². The average molecular weight is 287 g/mol. The third-order valence-corrected chi connectivity index (χ3v) is 2.99. The summed E-state index contributed by atoms with van der Waals surface area (Å²) in [7, 11) is 1.77. The van der Waals surface area contributed by atoms with Gasteiger partial charge in [0.15, 0.2) is 0 Å². The molecule has 0 aliphatic rings. The van der Waals surface area contributed by atoms with E-state index in [4.69, 9.17) is 4.74 Å². The van der Waals surface area contributed by atoms with Crippen molar-refractivity contribution in [3.63, 3.8) is 0 Å². The van der Waals surface area contributed by atoms with Gasteiger partial charge in [-0.3, -0.25) is 9.89 Å². The zero-order valence-corrected chi connectivity index (χ0v) is 12.7. The second-order valence-electron chi connectivity index (χ2n) is 5.50. The number of carbonyl (C=O) groups excluding carboxylic acids is 1. The topological polar surface area (TPSA) is 58.2 Å². The molecule has 21 heavy (non-hydrogen) atoms. The Morgan fingerprint density at radius 3 is 2.90 bits per heavy atom. The molecule has 2 rings (SSSR count). The summed E-state index contributed by atoms with van der Waals surface area (Å²) in [6, 6.07) is 7.30. The van der Waals surface area contributed by atoms with Gasteiger partial charge in [0.2, 0.25) is 0 Å². The number of rotatable bonds is 6. The molecule has 5 nitrogen and oxygen atoms in total. The van der Waals surface area contributed by atoms with Crippen molar-refractivity contribution in [2.24, 2.45) is 5.92 Å². The Kier molecular flexibility index (Phi) is 4.98. The molecule has 0 radical (unpaired) electrons. The molecule has 0 saturated heterocycles. The van der Waals surface area contributed by atoms with Crippen LogP contribution >= 0.6 is 0 Å². The van der Waals surface area contributed by atoms with Crippen molar-refractivity contribution in [3.05, 3.63) is 47.8 Å². The van der Waals surface area contributed by atoms with Crippen molar-refractivity contribution in [2.45, 2.75) is 20.4 Å². The highest BCUT2D eigenvalue weighted by Gasteiger charge is 2.13. The first-order chi connectivity index (χ1) is 10.1. The highest BCUT2D eigenvalue weighted by molar-refractivity contribution is 5.94. The Morgan fingerprint density at radius 2 is 2.24 bits per heavy atom.